The SMILES string of the molecule is CO[C@@H]1[C@@H]([Se]c2ccccc2)CC(C#N)=CN1C. The summed E-state index contributed by atoms with van der Waals surface area (Å²) in [6.07, 6.45) is 2.78. The molecular formula is C14H16N2OSe. The van der Waals surface area contributed by atoms with Gasteiger partial charge in [-0.3, -0.25) is 0 Å². The summed E-state index contributed by atoms with van der Waals surface area (Å²) in [4.78, 5) is 2.40. The average Bonchev–Trinajstić information content (AvgIpc) is 2.39. The number of hydrogen-bond acceptors (Lipinski definition) is 3. The Labute approximate surface area is 114 Å². The Morgan fingerprint density at radius 1 is 1.39 bits per heavy atom. The van der Waals surface area contributed by atoms with E-state index >= 15 is 0 Å². The number of methoxy groups -OCH3 is 1. The minimum atomic E-state index is 0.0716. The third kappa shape index (κ3) is 2.94. The fraction of sp³-hybridized carbons (Fsp3) is 0.357. The normalized spacial score (nSPS) is 23.4. The first-order chi connectivity index (χ1) is 8.74. The molecule has 1 aromatic carbocycles. The predicted molar refractivity (Wildman–Crippen MR) is 72.5 cm³/mol. The molecule has 0 N–H and O–H groups in total. The van der Waals surface area contributed by atoms with Crippen molar-refractivity contribution in [1.29, 1.82) is 5.26 Å². The van der Waals surface area contributed by atoms with Crippen LogP contribution in [0, 0.1) is 11.3 Å². The molecule has 3 nitrogen and oxygen atoms in total. The van der Waals surface area contributed by atoms with Gasteiger partial charge in [0.25, 0.3) is 0 Å². The van der Waals surface area contributed by atoms with Gasteiger partial charge in [0.1, 0.15) is 0 Å². The summed E-state index contributed by atoms with van der Waals surface area (Å²) in [5.41, 5.74) is 0.841. The standard InChI is InChI=1S/C14H16N2OSe/c1-16-10-11(9-15)8-13(14(16)17-2)18-12-6-4-3-5-7-12/h3-7,10,13-14H,8H2,1-2H3/t13-,14+/m0/s1. The van der Waals surface area contributed by atoms with Gasteiger partial charge in [0, 0.05) is 0 Å². The van der Waals surface area contributed by atoms with E-state index in [1.54, 1.807) is 7.11 Å². The molecule has 0 unspecified atom stereocenters. The Bertz CT molecular complexity index is 466. The number of hydrogen-bond donors (Lipinski definition) is 0. The van der Waals surface area contributed by atoms with Crippen molar-refractivity contribution in [1.82, 2.24) is 4.90 Å². The maximum atomic E-state index is 9.07. The van der Waals surface area contributed by atoms with Crippen molar-refractivity contribution >= 4 is 19.4 Å². The van der Waals surface area contributed by atoms with Crippen molar-refractivity contribution in [2.24, 2.45) is 0 Å². The first kappa shape index (κ1) is 13.2. The third-order valence-electron chi connectivity index (χ3n) is 2.92. The first-order valence-corrected chi connectivity index (χ1v) is 7.66. The second-order valence-corrected chi connectivity index (χ2v) is 6.99. The minimum absolute atomic E-state index is 0.0716. The molecule has 0 fully saturated rings. The van der Waals surface area contributed by atoms with E-state index in [2.05, 4.69) is 30.3 Å². The van der Waals surface area contributed by atoms with E-state index in [1.807, 2.05) is 24.2 Å². The molecule has 0 spiro atoms. The summed E-state index contributed by atoms with van der Waals surface area (Å²) in [6.45, 7) is 0. The van der Waals surface area contributed by atoms with Crippen molar-refractivity contribution in [3.05, 3.63) is 42.1 Å². The monoisotopic (exact) mass is 308 g/mol. The molecular weight excluding hydrogens is 291 g/mol. The molecule has 0 saturated carbocycles. The molecule has 0 bridgehead atoms. The van der Waals surface area contributed by atoms with Crippen LogP contribution in [0.1, 0.15) is 6.42 Å². The van der Waals surface area contributed by atoms with Gasteiger partial charge in [-0.15, -0.1) is 0 Å². The van der Waals surface area contributed by atoms with Gasteiger partial charge in [-0.2, -0.15) is 0 Å². The number of ether oxygens (including phenoxy) is 1. The van der Waals surface area contributed by atoms with Crippen LogP contribution in [0.25, 0.3) is 0 Å². The van der Waals surface area contributed by atoms with Crippen molar-refractivity contribution in [2.75, 3.05) is 14.2 Å². The molecule has 94 valence electrons. The topological polar surface area (TPSA) is 36.3 Å². The average molecular weight is 307 g/mol. The van der Waals surface area contributed by atoms with E-state index < -0.39 is 0 Å². The molecule has 1 aliphatic heterocycles. The van der Waals surface area contributed by atoms with Crippen LogP contribution in [0.2, 0.25) is 4.82 Å². The Balaban J connectivity index is 2.16. The quantitative estimate of drug-likeness (QED) is 0.795. The molecule has 1 aliphatic rings. The maximum absolute atomic E-state index is 9.07. The summed E-state index contributed by atoms with van der Waals surface area (Å²) < 4.78 is 6.92. The molecule has 1 heterocycles. The molecule has 0 aromatic heterocycles. The fourth-order valence-electron chi connectivity index (χ4n) is 2.12. The van der Waals surface area contributed by atoms with E-state index in [-0.39, 0.29) is 6.23 Å². The van der Waals surface area contributed by atoms with Gasteiger partial charge in [-0.1, -0.05) is 0 Å². The summed E-state index contributed by atoms with van der Waals surface area (Å²) in [6, 6.07) is 12.7. The van der Waals surface area contributed by atoms with Crippen LogP contribution in [-0.4, -0.2) is 40.2 Å². The van der Waals surface area contributed by atoms with Crippen molar-refractivity contribution in [3.63, 3.8) is 0 Å². The first-order valence-electron chi connectivity index (χ1n) is 5.82. The number of benzene rings is 1. The van der Waals surface area contributed by atoms with Gasteiger partial charge in [0.2, 0.25) is 0 Å². The summed E-state index contributed by atoms with van der Waals surface area (Å²) in [5, 5.41) is 9.07. The number of nitrogens with zero attached hydrogens (tertiary/aromatic N) is 2. The molecule has 18 heavy (non-hydrogen) atoms. The molecule has 0 saturated heterocycles. The van der Waals surface area contributed by atoms with Crippen molar-refractivity contribution in [3.8, 4) is 6.07 Å². The molecule has 2 atom stereocenters. The molecule has 4 heteroatoms. The van der Waals surface area contributed by atoms with Gasteiger partial charge in [0.05, 0.1) is 0 Å². The summed E-state index contributed by atoms with van der Waals surface area (Å²) >= 11 is 0.312. The Kier molecular flexibility index (Phi) is 4.43. The van der Waals surface area contributed by atoms with Gasteiger partial charge in [-0.05, 0) is 0 Å². The van der Waals surface area contributed by atoms with Gasteiger partial charge in [-0.25, -0.2) is 0 Å². The molecule has 2 rings (SSSR count). The van der Waals surface area contributed by atoms with Crippen LogP contribution in [0.5, 0.6) is 0 Å². The second-order valence-electron chi connectivity index (χ2n) is 4.23. The Morgan fingerprint density at radius 3 is 2.72 bits per heavy atom. The van der Waals surface area contributed by atoms with Gasteiger partial charge in [0.15, 0.2) is 0 Å². The van der Waals surface area contributed by atoms with Crippen LogP contribution in [0.15, 0.2) is 42.1 Å². The fourth-order valence-corrected chi connectivity index (χ4v) is 4.94. The van der Waals surface area contributed by atoms with E-state index in [0.717, 1.165) is 12.0 Å². The molecule has 0 aliphatic carbocycles. The number of rotatable bonds is 3. The van der Waals surface area contributed by atoms with Crippen LogP contribution >= 0.6 is 0 Å². The second kappa shape index (κ2) is 6.06. The van der Waals surface area contributed by atoms with Gasteiger partial charge < -0.3 is 0 Å². The molecule has 1 aromatic rings. The number of allylic oxidation sites excluding steroid dienone is 1. The zero-order valence-corrected chi connectivity index (χ0v) is 12.2. The van der Waals surface area contributed by atoms with Crippen LogP contribution in [0.3, 0.4) is 0 Å². The third-order valence-corrected chi connectivity index (χ3v) is 5.53. The van der Waals surface area contributed by atoms with Crippen LogP contribution < -0.4 is 4.46 Å². The summed E-state index contributed by atoms with van der Waals surface area (Å²) in [5.74, 6) is 0. The predicted octanol–water partition coefficient (Wildman–Crippen LogP) is 1.52. The van der Waals surface area contributed by atoms with E-state index in [0.29, 0.717) is 19.8 Å². The number of nitriles is 1. The van der Waals surface area contributed by atoms with Crippen molar-refractivity contribution in [2.45, 2.75) is 17.5 Å². The molecule has 0 radical (unpaired) electrons. The van der Waals surface area contributed by atoms with E-state index in [1.165, 1.54) is 4.46 Å². The Hall–Kier alpha value is -1.27. The van der Waals surface area contributed by atoms with Crippen molar-refractivity contribution < 1.29 is 4.74 Å². The van der Waals surface area contributed by atoms with E-state index in [9.17, 15) is 0 Å². The Morgan fingerprint density at radius 2 is 2.11 bits per heavy atom. The van der Waals surface area contributed by atoms with E-state index in [4.69, 9.17) is 10.00 Å². The zero-order chi connectivity index (χ0) is 13.0. The summed E-state index contributed by atoms with van der Waals surface area (Å²) in [7, 11) is 3.71. The van der Waals surface area contributed by atoms with Crippen LogP contribution in [0.4, 0.5) is 0 Å². The molecule has 0 amide bonds. The zero-order valence-electron chi connectivity index (χ0n) is 10.5. The van der Waals surface area contributed by atoms with Crippen LogP contribution in [-0.2, 0) is 4.74 Å². The van der Waals surface area contributed by atoms with Gasteiger partial charge >= 0.3 is 114 Å².